The first-order chi connectivity index (χ1) is 15.9. The minimum atomic E-state index is -0.698. The van der Waals surface area contributed by atoms with Gasteiger partial charge in [-0.25, -0.2) is 9.37 Å². The van der Waals surface area contributed by atoms with Crippen LogP contribution in [0.15, 0.2) is 67.0 Å². The predicted molar refractivity (Wildman–Crippen MR) is 125 cm³/mol. The normalized spacial score (nSPS) is 11.9. The summed E-state index contributed by atoms with van der Waals surface area (Å²) in [6, 6.07) is 14.7. The van der Waals surface area contributed by atoms with E-state index in [1.54, 1.807) is 29.2 Å². The van der Waals surface area contributed by atoms with Crippen LogP contribution in [0.2, 0.25) is 0 Å². The van der Waals surface area contributed by atoms with E-state index in [2.05, 4.69) is 15.4 Å². The van der Waals surface area contributed by atoms with Gasteiger partial charge in [0.15, 0.2) is 0 Å². The highest BCUT2D eigenvalue weighted by Gasteiger charge is 2.19. The second-order valence-corrected chi connectivity index (χ2v) is 7.81. The molecule has 2 aromatic carbocycles. The summed E-state index contributed by atoms with van der Waals surface area (Å²) in [4.78, 5) is 17.0. The Labute approximate surface area is 190 Å². The molecule has 0 spiro atoms. The third-order valence-corrected chi connectivity index (χ3v) is 5.49. The van der Waals surface area contributed by atoms with Gasteiger partial charge in [-0.1, -0.05) is 35.9 Å². The number of carbonyl (C=O) groups is 1. The van der Waals surface area contributed by atoms with Crippen molar-refractivity contribution in [1.29, 1.82) is 0 Å². The number of nitrogens with one attached hydrogen (secondary N) is 1. The number of aliphatic hydroxyl groups excluding tert-OH is 1. The lowest BCUT2D eigenvalue weighted by atomic mass is 10.0. The Bertz CT molecular complexity index is 1320. The molecule has 0 bridgehead atoms. The summed E-state index contributed by atoms with van der Waals surface area (Å²) in [7, 11) is 1.81. The van der Waals surface area contributed by atoms with Crippen molar-refractivity contribution in [2.75, 3.05) is 12.3 Å². The topological polar surface area (TPSA) is 106 Å². The molecular formula is C25H24FN5O2. The second kappa shape index (κ2) is 9.22. The fraction of sp³-hybridized carbons (Fsp3) is 0.160. The number of aliphatic hydroxyl groups is 1. The number of anilines is 1. The van der Waals surface area contributed by atoms with Crippen LogP contribution in [0.5, 0.6) is 0 Å². The third kappa shape index (κ3) is 4.61. The number of nitrogens with zero attached hydrogens (tertiary/aromatic N) is 3. The average molecular weight is 445 g/mol. The number of aromatic nitrogens is 3. The highest BCUT2D eigenvalue weighted by molar-refractivity contribution is 5.95. The van der Waals surface area contributed by atoms with Gasteiger partial charge in [0.2, 0.25) is 0 Å². The van der Waals surface area contributed by atoms with Crippen LogP contribution in [0.4, 0.5) is 10.2 Å². The Morgan fingerprint density at radius 2 is 2.00 bits per heavy atom. The van der Waals surface area contributed by atoms with Gasteiger partial charge in [-0.3, -0.25) is 9.48 Å². The lowest BCUT2D eigenvalue weighted by Crippen LogP contribution is -2.31. The van der Waals surface area contributed by atoms with Crippen LogP contribution in [0.25, 0.3) is 22.4 Å². The zero-order chi connectivity index (χ0) is 23.5. The number of carbonyl (C=O) groups excluding carboxylic acids is 1. The number of hydrogen-bond acceptors (Lipinski definition) is 5. The Balaban J connectivity index is 1.61. The lowest BCUT2D eigenvalue weighted by Gasteiger charge is -2.18. The maximum Gasteiger partial charge on any atom is 0.254 e. The average Bonchev–Trinajstić information content (AvgIpc) is 3.23. The van der Waals surface area contributed by atoms with Crippen molar-refractivity contribution in [2.24, 2.45) is 7.05 Å². The molecule has 4 aromatic rings. The van der Waals surface area contributed by atoms with Gasteiger partial charge in [0.05, 0.1) is 23.9 Å². The number of nitrogen functional groups attached to an aromatic ring is 1. The third-order valence-electron chi connectivity index (χ3n) is 5.49. The standard InChI is InChI=1S/C25H24FN5O2/c1-15-4-3-5-17(10-15)22(14-32)30-25(33)19-7-6-16(12-21(19)26)20-11-18(13-28-24(20)27)23-8-9-29-31(23)2/h3-13,22,32H,14H2,1-2H3,(H2,27,28)(H,30,33). The Morgan fingerprint density at radius 3 is 2.67 bits per heavy atom. The van der Waals surface area contributed by atoms with E-state index < -0.39 is 17.8 Å². The summed E-state index contributed by atoms with van der Waals surface area (Å²) in [5.74, 6) is -1.07. The molecule has 0 saturated carbocycles. The van der Waals surface area contributed by atoms with Gasteiger partial charge in [-0.2, -0.15) is 5.10 Å². The van der Waals surface area contributed by atoms with Crippen LogP contribution in [0.1, 0.15) is 27.5 Å². The number of halogens is 1. The van der Waals surface area contributed by atoms with E-state index in [0.717, 1.165) is 22.4 Å². The van der Waals surface area contributed by atoms with Crippen LogP contribution in [0, 0.1) is 12.7 Å². The van der Waals surface area contributed by atoms with Gasteiger partial charge in [0.25, 0.3) is 5.91 Å². The summed E-state index contributed by atoms with van der Waals surface area (Å²) >= 11 is 0. The molecule has 1 amide bonds. The van der Waals surface area contributed by atoms with Gasteiger partial charge in [-0.15, -0.1) is 0 Å². The summed E-state index contributed by atoms with van der Waals surface area (Å²) in [6.45, 7) is 1.61. The molecule has 0 aliphatic carbocycles. The molecule has 0 fully saturated rings. The monoisotopic (exact) mass is 445 g/mol. The second-order valence-electron chi connectivity index (χ2n) is 7.81. The first kappa shape index (κ1) is 22.2. The Hall–Kier alpha value is -4.04. The van der Waals surface area contributed by atoms with E-state index in [1.807, 2.05) is 44.3 Å². The van der Waals surface area contributed by atoms with E-state index in [9.17, 15) is 14.3 Å². The fourth-order valence-electron chi connectivity index (χ4n) is 3.73. The first-order valence-corrected chi connectivity index (χ1v) is 10.4. The molecule has 2 heterocycles. The first-order valence-electron chi connectivity index (χ1n) is 10.4. The number of rotatable bonds is 6. The van der Waals surface area contributed by atoms with Gasteiger partial charge in [0.1, 0.15) is 11.6 Å². The molecule has 4 N–H and O–H groups in total. The molecule has 8 heteroatoms. The van der Waals surface area contributed by atoms with Crippen LogP contribution >= 0.6 is 0 Å². The predicted octanol–water partition coefficient (Wildman–Crippen LogP) is 3.64. The van der Waals surface area contributed by atoms with Crippen molar-refractivity contribution in [3.63, 3.8) is 0 Å². The zero-order valence-corrected chi connectivity index (χ0v) is 18.3. The Morgan fingerprint density at radius 1 is 1.18 bits per heavy atom. The van der Waals surface area contributed by atoms with Crippen molar-refractivity contribution in [2.45, 2.75) is 13.0 Å². The van der Waals surface area contributed by atoms with E-state index in [-0.39, 0.29) is 18.0 Å². The number of hydrogen-bond donors (Lipinski definition) is 3. The van der Waals surface area contributed by atoms with Gasteiger partial charge < -0.3 is 16.2 Å². The number of benzene rings is 2. The van der Waals surface area contributed by atoms with Crippen molar-refractivity contribution < 1.29 is 14.3 Å². The number of pyridine rings is 1. The van der Waals surface area contributed by atoms with E-state index in [1.165, 1.54) is 12.1 Å². The van der Waals surface area contributed by atoms with Gasteiger partial charge in [-0.05, 0) is 42.3 Å². The van der Waals surface area contributed by atoms with Crippen LogP contribution in [-0.2, 0) is 7.05 Å². The minimum Gasteiger partial charge on any atom is -0.394 e. The molecule has 0 saturated heterocycles. The smallest absolute Gasteiger partial charge is 0.254 e. The van der Waals surface area contributed by atoms with Gasteiger partial charge >= 0.3 is 0 Å². The molecule has 7 nitrogen and oxygen atoms in total. The molecule has 4 rings (SSSR count). The molecule has 1 unspecified atom stereocenters. The van der Waals surface area contributed by atoms with E-state index in [4.69, 9.17) is 5.73 Å². The van der Waals surface area contributed by atoms with Crippen molar-refractivity contribution in [3.05, 3.63) is 89.5 Å². The molecule has 168 valence electrons. The summed E-state index contributed by atoms with van der Waals surface area (Å²) in [6.07, 6.45) is 3.31. The highest BCUT2D eigenvalue weighted by Crippen LogP contribution is 2.30. The summed E-state index contributed by atoms with van der Waals surface area (Å²) < 4.78 is 16.7. The van der Waals surface area contributed by atoms with Crippen molar-refractivity contribution in [3.8, 4) is 22.4 Å². The minimum absolute atomic E-state index is 0.126. The number of amides is 1. The number of aryl methyl sites for hydroxylation is 2. The molecule has 2 aromatic heterocycles. The lowest BCUT2D eigenvalue weighted by molar-refractivity contribution is 0.0912. The summed E-state index contributed by atoms with van der Waals surface area (Å²) in [5.41, 5.74) is 10.3. The van der Waals surface area contributed by atoms with Gasteiger partial charge in [0, 0.05) is 30.6 Å². The molecule has 0 radical (unpaired) electrons. The summed E-state index contributed by atoms with van der Waals surface area (Å²) in [5, 5.41) is 16.6. The fourth-order valence-corrected chi connectivity index (χ4v) is 3.73. The van der Waals surface area contributed by atoms with Crippen molar-refractivity contribution >= 4 is 11.7 Å². The van der Waals surface area contributed by atoms with E-state index >= 15 is 0 Å². The quantitative estimate of drug-likeness (QED) is 0.420. The Kier molecular flexibility index (Phi) is 6.19. The maximum atomic E-state index is 15.0. The van der Waals surface area contributed by atoms with Crippen LogP contribution in [0.3, 0.4) is 0 Å². The van der Waals surface area contributed by atoms with Crippen LogP contribution in [-0.4, -0.2) is 32.4 Å². The molecular weight excluding hydrogens is 421 g/mol. The number of nitrogens with two attached hydrogens (primary N) is 1. The maximum absolute atomic E-state index is 15.0. The molecule has 0 aliphatic rings. The molecule has 33 heavy (non-hydrogen) atoms. The highest BCUT2D eigenvalue weighted by atomic mass is 19.1. The largest absolute Gasteiger partial charge is 0.394 e. The van der Waals surface area contributed by atoms with Crippen molar-refractivity contribution in [1.82, 2.24) is 20.1 Å². The molecule has 1 atom stereocenters. The SMILES string of the molecule is Cc1cccc(C(CO)NC(=O)c2ccc(-c3cc(-c4ccnn4C)cnc3N)cc2F)c1. The van der Waals surface area contributed by atoms with E-state index in [0.29, 0.717) is 11.1 Å². The van der Waals surface area contributed by atoms with Crippen LogP contribution < -0.4 is 11.1 Å². The zero-order valence-electron chi connectivity index (χ0n) is 18.3. The molecule has 0 aliphatic heterocycles.